The van der Waals surface area contributed by atoms with E-state index in [1.807, 2.05) is 6.07 Å². The van der Waals surface area contributed by atoms with Crippen molar-refractivity contribution in [3.8, 4) is 17.6 Å². The van der Waals surface area contributed by atoms with Gasteiger partial charge in [-0.05, 0) is 48.0 Å². The van der Waals surface area contributed by atoms with Gasteiger partial charge in [-0.25, -0.2) is 0 Å². The van der Waals surface area contributed by atoms with Crippen LogP contribution in [0.3, 0.4) is 0 Å². The van der Waals surface area contributed by atoms with Crippen molar-refractivity contribution in [1.29, 1.82) is 5.26 Å². The van der Waals surface area contributed by atoms with E-state index in [0.717, 1.165) is 4.47 Å². The fourth-order valence-corrected chi connectivity index (χ4v) is 2.79. The first kappa shape index (κ1) is 20.7. The lowest BCUT2D eigenvalue weighted by Gasteiger charge is -2.11. The second kappa shape index (κ2) is 9.35. The largest absolute Gasteiger partial charge is 0.493 e. The highest BCUT2D eigenvalue weighted by Crippen LogP contribution is 2.34. The van der Waals surface area contributed by atoms with E-state index in [1.165, 1.54) is 26.2 Å². The van der Waals surface area contributed by atoms with Gasteiger partial charge in [-0.3, -0.25) is 9.59 Å². The Morgan fingerprint density at radius 2 is 1.81 bits per heavy atom. The van der Waals surface area contributed by atoms with E-state index >= 15 is 0 Å². The number of rotatable bonds is 5. The smallest absolute Gasteiger partial charge is 0.308 e. The number of carbonyl (C=O) groups excluding carboxylic acids is 2. The van der Waals surface area contributed by atoms with E-state index in [2.05, 4.69) is 37.2 Å². The van der Waals surface area contributed by atoms with Crippen LogP contribution < -0.4 is 14.8 Å². The lowest BCUT2D eigenvalue weighted by atomic mass is 10.1. The number of nitrogens with zero attached hydrogens (tertiary/aromatic N) is 1. The van der Waals surface area contributed by atoms with Crippen LogP contribution in [0.15, 0.2) is 50.9 Å². The molecule has 0 spiro atoms. The van der Waals surface area contributed by atoms with Crippen LogP contribution >= 0.6 is 31.9 Å². The van der Waals surface area contributed by atoms with E-state index in [9.17, 15) is 14.9 Å². The number of esters is 1. The standard InChI is InChI=1S/C19H14Br2N2O4/c1-11(24)27-18-9-16(21)12(8-17(18)26-2)7-13(10-22)19(25)23-15-5-3-14(20)4-6-15/h3-9H,1-2H3,(H,23,25)/b13-7-. The fourth-order valence-electron chi connectivity index (χ4n) is 2.09. The first-order valence-corrected chi connectivity index (χ1v) is 9.17. The molecule has 2 aromatic rings. The molecule has 6 nitrogen and oxygen atoms in total. The number of nitrogens with one attached hydrogen (secondary N) is 1. The van der Waals surface area contributed by atoms with Gasteiger partial charge in [0.05, 0.1) is 7.11 Å². The number of amides is 1. The molecule has 27 heavy (non-hydrogen) atoms. The molecule has 2 aromatic carbocycles. The van der Waals surface area contributed by atoms with Crippen LogP contribution in [-0.4, -0.2) is 19.0 Å². The minimum Gasteiger partial charge on any atom is -0.493 e. The van der Waals surface area contributed by atoms with Crippen LogP contribution in [0.5, 0.6) is 11.5 Å². The summed E-state index contributed by atoms with van der Waals surface area (Å²) in [5.41, 5.74) is 0.984. The second-order valence-electron chi connectivity index (χ2n) is 5.25. The highest BCUT2D eigenvalue weighted by Gasteiger charge is 2.14. The predicted molar refractivity (Wildman–Crippen MR) is 108 cm³/mol. The maximum absolute atomic E-state index is 12.4. The van der Waals surface area contributed by atoms with Crippen molar-refractivity contribution in [3.63, 3.8) is 0 Å². The monoisotopic (exact) mass is 492 g/mol. The summed E-state index contributed by atoms with van der Waals surface area (Å²) < 4.78 is 11.7. The molecule has 0 saturated heterocycles. The van der Waals surface area contributed by atoms with Crippen LogP contribution in [0.2, 0.25) is 0 Å². The highest BCUT2D eigenvalue weighted by molar-refractivity contribution is 9.10. The Labute approximate surface area is 173 Å². The minimum absolute atomic E-state index is 0.0964. The van der Waals surface area contributed by atoms with Crippen molar-refractivity contribution >= 4 is 55.5 Å². The van der Waals surface area contributed by atoms with E-state index in [-0.39, 0.29) is 11.3 Å². The van der Waals surface area contributed by atoms with Crippen molar-refractivity contribution in [1.82, 2.24) is 0 Å². The second-order valence-corrected chi connectivity index (χ2v) is 7.02. The molecule has 1 N–H and O–H groups in total. The van der Waals surface area contributed by atoms with Gasteiger partial charge < -0.3 is 14.8 Å². The van der Waals surface area contributed by atoms with Gasteiger partial charge in [0.2, 0.25) is 0 Å². The van der Waals surface area contributed by atoms with Crippen LogP contribution in [0.4, 0.5) is 5.69 Å². The molecule has 0 heterocycles. The van der Waals surface area contributed by atoms with Crippen LogP contribution in [0, 0.1) is 11.3 Å². The molecule has 0 saturated carbocycles. The van der Waals surface area contributed by atoms with E-state index in [1.54, 1.807) is 30.3 Å². The third kappa shape index (κ3) is 5.67. The Hall–Kier alpha value is -2.63. The number of nitriles is 1. The minimum atomic E-state index is -0.547. The number of benzene rings is 2. The highest BCUT2D eigenvalue weighted by atomic mass is 79.9. The zero-order chi connectivity index (χ0) is 20.0. The number of ether oxygens (including phenoxy) is 2. The molecule has 8 heteroatoms. The molecule has 0 bridgehead atoms. The lowest BCUT2D eigenvalue weighted by Crippen LogP contribution is -2.13. The van der Waals surface area contributed by atoms with Crippen molar-refractivity contribution < 1.29 is 19.1 Å². The molecule has 0 aromatic heterocycles. The van der Waals surface area contributed by atoms with E-state index < -0.39 is 11.9 Å². The topological polar surface area (TPSA) is 88.4 Å². The molecule has 138 valence electrons. The van der Waals surface area contributed by atoms with Gasteiger partial charge in [0.25, 0.3) is 5.91 Å². The summed E-state index contributed by atoms with van der Waals surface area (Å²) in [6, 6.07) is 12.0. The summed E-state index contributed by atoms with van der Waals surface area (Å²) in [5, 5.41) is 12.0. The van der Waals surface area contributed by atoms with Crippen molar-refractivity contribution in [2.45, 2.75) is 6.92 Å². The third-order valence-corrected chi connectivity index (χ3v) is 4.52. The normalized spacial score (nSPS) is 10.7. The summed E-state index contributed by atoms with van der Waals surface area (Å²) in [7, 11) is 1.43. The average Bonchev–Trinajstić information content (AvgIpc) is 2.62. The quantitative estimate of drug-likeness (QED) is 0.282. The van der Waals surface area contributed by atoms with Crippen molar-refractivity contribution in [2.75, 3.05) is 12.4 Å². The van der Waals surface area contributed by atoms with Gasteiger partial charge in [0.1, 0.15) is 11.6 Å². The van der Waals surface area contributed by atoms with E-state index in [4.69, 9.17) is 9.47 Å². The molecular weight excluding hydrogens is 480 g/mol. The lowest BCUT2D eigenvalue weighted by molar-refractivity contribution is -0.132. The fraction of sp³-hybridized carbons (Fsp3) is 0.105. The Morgan fingerprint density at radius 1 is 1.15 bits per heavy atom. The number of halogens is 2. The summed E-state index contributed by atoms with van der Waals surface area (Å²) in [4.78, 5) is 23.6. The molecule has 0 unspecified atom stereocenters. The number of hydrogen-bond acceptors (Lipinski definition) is 5. The molecule has 1 amide bonds. The van der Waals surface area contributed by atoms with Crippen molar-refractivity contribution in [3.05, 3.63) is 56.5 Å². The van der Waals surface area contributed by atoms with Crippen LogP contribution in [-0.2, 0) is 9.59 Å². The first-order valence-electron chi connectivity index (χ1n) is 7.58. The van der Waals surface area contributed by atoms with E-state index in [0.29, 0.717) is 21.5 Å². The third-order valence-electron chi connectivity index (χ3n) is 3.30. The predicted octanol–water partition coefficient (Wildman–Crippen LogP) is 4.69. The number of methoxy groups -OCH3 is 1. The van der Waals surface area contributed by atoms with Gasteiger partial charge in [-0.2, -0.15) is 5.26 Å². The van der Waals surface area contributed by atoms with Crippen molar-refractivity contribution in [2.24, 2.45) is 0 Å². The SMILES string of the molecule is COc1cc(/C=C(/C#N)C(=O)Nc2ccc(Br)cc2)c(Br)cc1OC(C)=O. The molecule has 0 aliphatic heterocycles. The maximum Gasteiger partial charge on any atom is 0.308 e. The van der Waals surface area contributed by atoms with Gasteiger partial charge in [0.15, 0.2) is 11.5 Å². The molecular formula is C19H14Br2N2O4. The number of carbonyl (C=O) groups is 2. The van der Waals surface area contributed by atoms with Crippen LogP contribution in [0.25, 0.3) is 6.08 Å². The molecule has 0 fully saturated rings. The Bertz CT molecular complexity index is 947. The molecule has 0 aliphatic rings. The average molecular weight is 494 g/mol. The van der Waals surface area contributed by atoms with Gasteiger partial charge >= 0.3 is 5.97 Å². The van der Waals surface area contributed by atoms with Crippen LogP contribution in [0.1, 0.15) is 12.5 Å². The Balaban J connectivity index is 2.33. The van der Waals surface area contributed by atoms with Gasteiger partial charge in [0, 0.05) is 21.6 Å². The molecule has 2 rings (SSSR count). The molecule has 0 atom stereocenters. The summed E-state index contributed by atoms with van der Waals surface area (Å²) in [6.45, 7) is 1.28. The molecule has 0 aliphatic carbocycles. The zero-order valence-corrected chi connectivity index (χ0v) is 17.5. The number of anilines is 1. The maximum atomic E-state index is 12.4. The number of hydrogen-bond donors (Lipinski definition) is 1. The summed E-state index contributed by atoms with van der Waals surface area (Å²) in [5.74, 6) is -0.512. The zero-order valence-electron chi connectivity index (χ0n) is 14.4. The molecule has 0 radical (unpaired) electrons. The Morgan fingerprint density at radius 3 is 2.37 bits per heavy atom. The van der Waals surface area contributed by atoms with Gasteiger partial charge in [-0.1, -0.05) is 31.9 Å². The van der Waals surface area contributed by atoms with Gasteiger partial charge in [-0.15, -0.1) is 0 Å². The summed E-state index contributed by atoms with van der Waals surface area (Å²) in [6.07, 6.45) is 1.42. The summed E-state index contributed by atoms with van der Waals surface area (Å²) >= 11 is 6.66. The Kier molecular flexibility index (Phi) is 7.16. The first-order chi connectivity index (χ1) is 12.8.